The lowest BCUT2D eigenvalue weighted by molar-refractivity contribution is 0.0944. The monoisotopic (exact) mass is 117 g/mol. The molecular weight excluding hydrogens is 102 g/mol. The summed E-state index contributed by atoms with van der Waals surface area (Å²) >= 11 is 0. The van der Waals surface area contributed by atoms with Crippen LogP contribution in [0, 0.1) is 0 Å². The van der Waals surface area contributed by atoms with Crippen LogP contribution in [0.25, 0.3) is 0 Å². The highest BCUT2D eigenvalue weighted by Gasteiger charge is 2.06. The van der Waals surface area contributed by atoms with Crippen LogP contribution in [0.5, 0.6) is 0 Å². The molecule has 0 heterocycles. The van der Waals surface area contributed by atoms with E-state index in [0.29, 0.717) is 0 Å². The standard InChI is InChI=1S/C6H15NO/c1-4-6(7)5(2)8-3/h5-6H,4,7H2,1-3H3/t5-,6-/m0/s1. The Bertz CT molecular complexity index is 48.5. The maximum Gasteiger partial charge on any atom is 0.0693 e. The predicted molar refractivity (Wildman–Crippen MR) is 34.7 cm³/mol. The molecule has 50 valence electrons. The van der Waals surface area contributed by atoms with E-state index in [1.807, 2.05) is 6.92 Å². The van der Waals surface area contributed by atoms with E-state index in [1.165, 1.54) is 0 Å². The molecule has 0 aromatic carbocycles. The molecule has 0 fully saturated rings. The average molecular weight is 117 g/mol. The lowest BCUT2D eigenvalue weighted by Crippen LogP contribution is -2.32. The van der Waals surface area contributed by atoms with Gasteiger partial charge in [0.1, 0.15) is 0 Å². The Labute approximate surface area is 51.0 Å². The molecule has 0 aromatic rings. The van der Waals surface area contributed by atoms with Gasteiger partial charge in [-0.05, 0) is 13.3 Å². The maximum absolute atomic E-state index is 5.60. The fraction of sp³-hybridized carbons (Fsp3) is 1.00. The fourth-order valence-electron chi connectivity index (χ4n) is 0.507. The quantitative estimate of drug-likeness (QED) is 0.592. The first-order valence-electron chi connectivity index (χ1n) is 3.00. The largest absolute Gasteiger partial charge is 0.380 e. The Morgan fingerprint density at radius 1 is 1.62 bits per heavy atom. The molecule has 0 saturated carbocycles. The minimum Gasteiger partial charge on any atom is -0.380 e. The molecule has 8 heavy (non-hydrogen) atoms. The van der Waals surface area contributed by atoms with Gasteiger partial charge in [-0.25, -0.2) is 0 Å². The van der Waals surface area contributed by atoms with Crippen molar-refractivity contribution in [1.82, 2.24) is 0 Å². The van der Waals surface area contributed by atoms with Gasteiger partial charge in [-0.15, -0.1) is 0 Å². The van der Waals surface area contributed by atoms with E-state index >= 15 is 0 Å². The highest BCUT2D eigenvalue weighted by atomic mass is 16.5. The molecule has 2 nitrogen and oxygen atoms in total. The number of rotatable bonds is 3. The van der Waals surface area contributed by atoms with Gasteiger partial charge in [0.2, 0.25) is 0 Å². The number of nitrogens with two attached hydrogens (primary N) is 1. The topological polar surface area (TPSA) is 35.2 Å². The maximum atomic E-state index is 5.60. The number of hydrogen-bond donors (Lipinski definition) is 1. The summed E-state index contributed by atoms with van der Waals surface area (Å²) in [6, 6.07) is 0.194. The molecule has 0 bridgehead atoms. The van der Waals surface area contributed by atoms with E-state index in [4.69, 9.17) is 10.5 Å². The zero-order chi connectivity index (χ0) is 6.57. The molecule has 0 unspecified atom stereocenters. The molecule has 2 heteroatoms. The third-order valence-electron chi connectivity index (χ3n) is 1.45. The van der Waals surface area contributed by atoms with Crippen molar-refractivity contribution in [2.75, 3.05) is 7.11 Å². The fourth-order valence-corrected chi connectivity index (χ4v) is 0.507. The van der Waals surface area contributed by atoms with Gasteiger partial charge in [-0.3, -0.25) is 0 Å². The van der Waals surface area contributed by atoms with Crippen molar-refractivity contribution in [3.63, 3.8) is 0 Å². The minimum atomic E-state index is 0.194. The van der Waals surface area contributed by atoms with E-state index in [2.05, 4.69) is 6.92 Å². The Balaban J connectivity index is 3.29. The molecule has 0 saturated heterocycles. The van der Waals surface area contributed by atoms with Gasteiger partial charge in [0.25, 0.3) is 0 Å². The Hall–Kier alpha value is -0.0800. The van der Waals surface area contributed by atoms with E-state index in [-0.39, 0.29) is 12.1 Å². The normalized spacial score (nSPS) is 18.0. The molecule has 0 aliphatic heterocycles. The van der Waals surface area contributed by atoms with Gasteiger partial charge in [-0.2, -0.15) is 0 Å². The molecule has 0 rings (SSSR count). The van der Waals surface area contributed by atoms with Crippen LogP contribution >= 0.6 is 0 Å². The van der Waals surface area contributed by atoms with Crippen molar-refractivity contribution in [2.24, 2.45) is 5.73 Å². The van der Waals surface area contributed by atoms with E-state index in [1.54, 1.807) is 7.11 Å². The molecular formula is C6H15NO. The highest BCUT2D eigenvalue weighted by Crippen LogP contribution is 1.96. The van der Waals surface area contributed by atoms with Crippen molar-refractivity contribution >= 4 is 0 Å². The summed E-state index contributed by atoms with van der Waals surface area (Å²) in [7, 11) is 1.68. The summed E-state index contributed by atoms with van der Waals surface area (Å²) in [5, 5.41) is 0. The van der Waals surface area contributed by atoms with Gasteiger partial charge in [0, 0.05) is 13.2 Å². The molecule has 2 N–H and O–H groups in total. The first-order chi connectivity index (χ1) is 3.72. The first-order valence-corrected chi connectivity index (χ1v) is 3.00. The van der Waals surface area contributed by atoms with Gasteiger partial charge in [-0.1, -0.05) is 6.92 Å². The summed E-state index contributed by atoms with van der Waals surface area (Å²) in [5.74, 6) is 0. The van der Waals surface area contributed by atoms with Crippen LogP contribution in [-0.2, 0) is 4.74 Å². The molecule has 0 amide bonds. The van der Waals surface area contributed by atoms with Gasteiger partial charge >= 0.3 is 0 Å². The second-order valence-electron chi connectivity index (χ2n) is 2.01. The second-order valence-corrected chi connectivity index (χ2v) is 2.01. The van der Waals surface area contributed by atoms with Gasteiger partial charge in [0.05, 0.1) is 6.10 Å². The van der Waals surface area contributed by atoms with Crippen molar-refractivity contribution in [2.45, 2.75) is 32.4 Å². The average Bonchev–Trinajstić information content (AvgIpc) is 1.84. The molecule has 0 aliphatic carbocycles. The summed E-state index contributed by atoms with van der Waals surface area (Å²) in [6.07, 6.45) is 1.18. The lowest BCUT2D eigenvalue weighted by atomic mass is 10.1. The zero-order valence-corrected chi connectivity index (χ0v) is 5.85. The molecule has 0 aromatic heterocycles. The van der Waals surface area contributed by atoms with Crippen LogP contribution in [0.15, 0.2) is 0 Å². The third-order valence-corrected chi connectivity index (χ3v) is 1.45. The highest BCUT2D eigenvalue weighted by molar-refractivity contribution is 4.65. The molecule has 0 spiro atoms. The summed E-state index contributed by atoms with van der Waals surface area (Å²) in [4.78, 5) is 0. The van der Waals surface area contributed by atoms with Crippen LogP contribution in [0.1, 0.15) is 20.3 Å². The van der Waals surface area contributed by atoms with Crippen LogP contribution in [0.4, 0.5) is 0 Å². The molecule has 0 aliphatic rings. The summed E-state index contributed by atoms with van der Waals surface area (Å²) < 4.78 is 4.98. The van der Waals surface area contributed by atoms with Gasteiger partial charge in [0.15, 0.2) is 0 Å². The number of hydrogen-bond acceptors (Lipinski definition) is 2. The van der Waals surface area contributed by atoms with E-state index < -0.39 is 0 Å². The smallest absolute Gasteiger partial charge is 0.0693 e. The van der Waals surface area contributed by atoms with E-state index in [9.17, 15) is 0 Å². The molecule has 0 radical (unpaired) electrons. The van der Waals surface area contributed by atoms with Crippen molar-refractivity contribution in [3.05, 3.63) is 0 Å². The first kappa shape index (κ1) is 7.92. The van der Waals surface area contributed by atoms with Crippen LogP contribution < -0.4 is 5.73 Å². The minimum absolute atomic E-state index is 0.194. The van der Waals surface area contributed by atoms with Crippen molar-refractivity contribution in [1.29, 1.82) is 0 Å². The number of methoxy groups -OCH3 is 1. The summed E-state index contributed by atoms with van der Waals surface area (Å²) in [5.41, 5.74) is 5.60. The van der Waals surface area contributed by atoms with Crippen molar-refractivity contribution < 1.29 is 4.74 Å². The van der Waals surface area contributed by atoms with Crippen LogP contribution in [0.2, 0.25) is 0 Å². The zero-order valence-electron chi connectivity index (χ0n) is 5.85. The Kier molecular flexibility index (Phi) is 3.83. The number of ether oxygens (including phenoxy) is 1. The SMILES string of the molecule is CC[C@H](N)[C@H](C)OC. The Morgan fingerprint density at radius 2 is 2.12 bits per heavy atom. The van der Waals surface area contributed by atoms with Crippen LogP contribution in [0.3, 0.4) is 0 Å². The second kappa shape index (κ2) is 3.87. The molecule has 2 atom stereocenters. The predicted octanol–water partition coefficient (Wildman–Crippen LogP) is 0.759. The van der Waals surface area contributed by atoms with Crippen LogP contribution in [-0.4, -0.2) is 19.3 Å². The third kappa shape index (κ3) is 2.28. The van der Waals surface area contributed by atoms with Gasteiger partial charge < -0.3 is 10.5 Å². The summed E-state index contributed by atoms with van der Waals surface area (Å²) in [6.45, 7) is 4.04. The lowest BCUT2D eigenvalue weighted by Gasteiger charge is -2.15. The van der Waals surface area contributed by atoms with E-state index in [0.717, 1.165) is 6.42 Å². The van der Waals surface area contributed by atoms with Crippen molar-refractivity contribution in [3.8, 4) is 0 Å². The Morgan fingerprint density at radius 3 is 2.25 bits per heavy atom.